The number of benzene rings is 1. The van der Waals surface area contributed by atoms with Crippen LogP contribution in [-0.2, 0) is 16.0 Å². The lowest BCUT2D eigenvalue weighted by molar-refractivity contribution is -0.133. The molecule has 1 aromatic rings. The standard InChI is InChI=1S/C13H16N2O3/c1-2-18-11-6-4-3-5-9(11)7-10-13(17)14-8-12(16)15-10/h3-6,10H,2,7-8H2,1H3,(H,14,17)(H,15,16)/t10-/m0/s1. The molecular formula is C13H16N2O3. The fraction of sp³-hybridized carbons (Fsp3) is 0.385. The zero-order valence-electron chi connectivity index (χ0n) is 10.2. The summed E-state index contributed by atoms with van der Waals surface area (Å²) < 4.78 is 5.50. The van der Waals surface area contributed by atoms with Gasteiger partial charge in [-0.1, -0.05) is 18.2 Å². The minimum Gasteiger partial charge on any atom is -0.494 e. The van der Waals surface area contributed by atoms with Gasteiger partial charge >= 0.3 is 0 Å². The topological polar surface area (TPSA) is 67.4 Å². The van der Waals surface area contributed by atoms with Gasteiger partial charge in [-0.3, -0.25) is 9.59 Å². The van der Waals surface area contributed by atoms with E-state index in [9.17, 15) is 9.59 Å². The van der Waals surface area contributed by atoms with E-state index in [0.29, 0.717) is 13.0 Å². The maximum absolute atomic E-state index is 11.6. The average Bonchev–Trinajstić information content (AvgIpc) is 2.36. The van der Waals surface area contributed by atoms with Gasteiger partial charge in [-0.25, -0.2) is 0 Å². The molecule has 0 spiro atoms. The Labute approximate surface area is 106 Å². The van der Waals surface area contributed by atoms with Gasteiger partial charge in [0.25, 0.3) is 0 Å². The number of piperazine rings is 1. The molecule has 5 heteroatoms. The molecule has 1 saturated heterocycles. The van der Waals surface area contributed by atoms with Crippen molar-refractivity contribution in [3.63, 3.8) is 0 Å². The quantitative estimate of drug-likeness (QED) is 0.802. The number of para-hydroxylation sites is 1. The highest BCUT2D eigenvalue weighted by atomic mass is 16.5. The van der Waals surface area contributed by atoms with Crippen LogP contribution in [0.4, 0.5) is 0 Å². The number of hydrogen-bond acceptors (Lipinski definition) is 3. The Bertz CT molecular complexity index is 459. The smallest absolute Gasteiger partial charge is 0.243 e. The zero-order chi connectivity index (χ0) is 13.0. The molecule has 1 aromatic carbocycles. The van der Waals surface area contributed by atoms with Crippen molar-refractivity contribution in [3.05, 3.63) is 29.8 Å². The van der Waals surface area contributed by atoms with Crippen molar-refractivity contribution in [2.24, 2.45) is 0 Å². The molecule has 1 atom stereocenters. The first kappa shape index (κ1) is 12.4. The molecule has 96 valence electrons. The molecule has 2 amide bonds. The summed E-state index contributed by atoms with van der Waals surface area (Å²) in [5.74, 6) is 0.446. The van der Waals surface area contributed by atoms with Crippen molar-refractivity contribution in [2.45, 2.75) is 19.4 Å². The molecule has 1 aliphatic rings. The van der Waals surface area contributed by atoms with Gasteiger partial charge in [0.2, 0.25) is 11.8 Å². The minimum atomic E-state index is -0.521. The van der Waals surface area contributed by atoms with E-state index in [2.05, 4.69) is 10.6 Å². The van der Waals surface area contributed by atoms with Crippen LogP contribution in [0.2, 0.25) is 0 Å². The van der Waals surface area contributed by atoms with Crippen molar-refractivity contribution >= 4 is 11.8 Å². The summed E-state index contributed by atoms with van der Waals surface area (Å²) in [4.78, 5) is 22.9. The predicted molar refractivity (Wildman–Crippen MR) is 66.3 cm³/mol. The lowest BCUT2D eigenvalue weighted by atomic mass is 10.0. The fourth-order valence-electron chi connectivity index (χ4n) is 1.93. The average molecular weight is 248 g/mol. The van der Waals surface area contributed by atoms with E-state index < -0.39 is 6.04 Å². The number of ether oxygens (including phenoxy) is 1. The van der Waals surface area contributed by atoms with Crippen LogP contribution in [-0.4, -0.2) is 31.0 Å². The largest absolute Gasteiger partial charge is 0.494 e. The maximum Gasteiger partial charge on any atom is 0.243 e. The van der Waals surface area contributed by atoms with Gasteiger partial charge in [0.1, 0.15) is 11.8 Å². The summed E-state index contributed by atoms with van der Waals surface area (Å²) in [5.41, 5.74) is 0.918. The summed E-state index contributed by atoms with van der Waals surface area (Å²) in [6.07, 6.45) is 0.438. The molecular weight excluding hydrogens is 232 g/mol. The third kappa shape index (κ3) is 2.80. The van der Waals surface area contributed by atoms with Gasteiger partial charge in [0, 0.05) is 6.42 Å². The summed E-state index contributed by atoms with van der Waals surface area (Å²) in [5, 5.41) is 5.24. The van der Waals surface area contributed by atoms with Crippen LogP contribution in [0.3, 0.4) is 0 Å². The van der Waals surface area contributed by atoms with Crippen LogP contribution in [0.1, 0.15) is 12.5 Å². The molecule has 2 N–H and O–H groups in total. The Balaban J connectivity index is 2.12. The molecule has 18 heavy (non-hydrogen) atoms. The Kier molecular flexibility index (Phi) is 3.82. The highest BCUT2D eigenvalue weighted by Crippen LogP contribution is 2.20. The van der Waals surface area contributed by atoms with Crippen LogP contribution in [0.15, 0.2) is 24.3 Å². The fourth-order valence-corrected chi connectivity index (χ4v) is 1.93. The number of hydrogen-bond donors (Lipinski definition) is 2. The van der Waals surface area contributed by atoms with Crippen molar-refractivity contribution < 1.29 is 14.3 Å². The van der Waals surface area contributed by atoms with E-state index in [1.807, 2.05) is 31.2 Å². The molecule has 0 aromatic heterocycles. The van der Waals surface area contributed by atoms with Gasteiger partial charge in [-0.05, 0) is 18.6 Å². The summed E-state index contributed by atoms with van der Waals surface area (Å²) >= 11 is 0. The lowest BCUT2D eigenvalue weighted by Crippen LogP contribution is -2.56. The second-order valence-electron chi connectivity index (χ2n) is 4.08. The van der Waals surface area contributed by atoms with Gasteiger partial charge in [-0.15, -0.1) is 0 Å². The second kappa shape index (κ2) is 5.53. The number of carbonyl (C=O) groups excluding carboxylic acids is 2. The SMILES string of the molecule is CCOc1ccccc1C[C@@H]1NC(=O)CNC1=O. The van der Waals surface area contributed by atoms with Crippen LogP contribution < -0.4 is 15.4 Å². The number of nitrogens with one attached hydrogen (secondary N) is 2. The highest BCUT2D eigenvalue weighted by Gasteiger charge is 2.26. The van der Waals surface area contributed by atoms with Crippen molar-refractivity contribution in [2.75, 3.05) is 13.2 Å². The molecule has 0 bridgehead atoms. The number of carbonyl (C=O) groups is 2. The van der Waals surface area contributed by atoms with Gasteiger partial charge in [0.05, 0.1) is 13.2 Å². The Morgan fingerprint density at radius 2 is 2.11 bits per heavy atom. The van der Waals surface area contributed by atoms with E-state index in [0.717, 1.165) is 11.3 Å². The minimum absolute atomic E-state index is 0.0580. The van der Waals surface area contributed by atoms with E-state index in [1.54, 1.807) is 0 Å². The first-order chi connectivity index (χ1) is 8.70. The molecule has 0 radical (unpaired) electrons. The van der Waals surface area contributed by atoms with E-state index in [4.69, 9.17) is 4.74 Å². The highest BCUT2D eigenvalue weighted by molar-refractivity contribution is 5.94. The van der Waals surface area contributed by atoms with E-state index in [1.165, 1.54) is 0 Å². The van der Waals surface area contributed by atoms with Crippen molar-refractivity contribution in [1.82, 2.24) is 10.6 Å². The Hall–Kier alpha value is -2.04. The van der Waals surface area contributed by atoms with Crippen LogP contribution in [0.25, 0.3) is 0 Å². The van der Waals surface area contributed by atoms with Crippen LogP contribution in [0, 0.1) is 0 Å². The molecule has 5 nitrogen and oxygen atoms in total. The number of rotatable bonds is 4. The van der Waals surface area contributed by atoms with Gasteiger partial charge < -0.3 is 15.4 Å². The summed E-state index contributed by atoms with van der Waals surface area (Å²) in [6.45, 7) is 2.54. The summed E-state index contributed by atoms with van der Waals surface area (Å²) in [7, 11) is 0. The van der Waals surface area contributed by atoms with Crippen LogP contribution >= 0.6 is 0 Å². The Morgan fingerprint density at radius 3 is 2.89 bits per heavy atom. The van der Waals surface area contributed by atoms with E-state index >= 15 is 0 Å². The second-order valence-corrected chi connectivity index (χ2v) is 4.08. The van der Waals surface area contributed by atoms with Crippen molar-refractivity contribution in [3.8, 4) is 5.75 Å². The first-order valence-electron chi connectivity index (χ1n) is 5.98. The third-order valence-corrected chi connectivity index (χ3v) is 2.77. The van der Waals surface area contributed by atoms with Gasteiger partial charge in [0.15, 0.2) is 0 Å². The number of amides is 2. The zero-order valence-corrected chi connectivity index (χ0v) is 10.2. The lowest BCUT2D eigenvalue weighted by Gasteiger charge is -2.23. The molecule has 0 aliphatic carbocycles. The van der Waals surface area contributed by atoms with Crippen molar-refractivity contribution in [1.29, 1.82) is 0 Å². The monoisotopic (exact) mass is 248 g/mol. The van der Waals surface area contributed by atoms with Gasteiger partial charge in [-0.2, -0.15) is 0 Å². The van der Waals surface area contributed by atoms with Crippen LogP contribution in [0.5, 0.6) is 5.75 Å². The third-order valence-electron chi connectivity index (χ3n) is 2.77. The molecule has 1 aliphatic heterocycles. The Morgan fingerprint density at radius 1 is 1.33 bits per heavy atom. The van der Waals surface area contributed by atoms with E-state index in [-0.39, 0.29) is 18.4 Å². The first-order valence-corrected chi connectivity index (χ1v) is 5.98. The normalized spacial score (nSPS) is 19.1. The molecule has 2 rings (SSSR count). The maximum atomic E-state index is 11.6. The molecule has 0 unspecified atom stereocenters. The molecule has 1 fully saturated rings. The molecule has 0 saturated carbocycles. The summed E-state index contributed by atoms with van der Waals surface area (Å²) in [6, 6.07) is 7.02. The predicted octanol–water partition coefficient (Wildman–Crippen LogP) is 0.242. The molecule has 1 heterocycles.